The number of aromatic nitrogens is 2. The highest BCUT2D eigenvalue weighted by Crippen LogP contribution is 2.36. The molecular formula is C19H20N4O2. The van der Waals surface area contributed by atoms with Gasteiger partial charge in [0.2, 0.25) is 0 Å². The molecule has 2 aromatic heterocycles. The van der Waals surface area contributed by atoms with Crippen LogP contribution in [0.2, 0.25) is 0 Å². The molecule has 0 atom stereocenters. The summed E-state index contributed by atoms with van der Waals surface area (Å²) in [5, 5.41) is 4.43. The summed E-state index contributed by atoms with van der Waals surface area (Å²) in [7, 11) is 1.62. The van der Waals surface area contributed by atoms with E-state index in [2.05, 4.69) is 15.3 Å². The number of hydrogen-bond acceptors (Lipinski definition) is 5. The van der Waals surface area contributed by atoms with Gasteiger partial charge in [-0.15, -0.1) is 0 Å². The summed E-state index contributed by atoms with van der Waals surface area (Å²) >= 11 is 0. The van der Waals surface area contributed by atoms with Crippen molar-refractivity contribution in [2.24, 2.45) is 0 Å². The minimum atomic E-state index is -0.259. The third kappa shape index (κ3) is 3.10. The van der Waals surface area contributed by atoms with Crippen molar-refractivity contribution >= 4 is 22.4 Å². The monoisotopic (exact) mass is 336 g/mol. The molecule has 6 heteroatoms. The molecule has 1 aromatic carbocycles. The van der Waals surface area contributed by atoms with Gasteiger partial charge in [0, 0.05) is 41.5 Å². The number of methoxy groups -OCH3 is 1. The van der Waals surface area contributed by atoms with Gasteiger partial charge >= 0.3 is 0 Å². The van der Waals surface area contributed by atoms with Gasteiger partial charge in [-0.1, -0.05) is 25.1 Å². The quantitative estimate of drug-likeness (QED) is 0.747. The van der Waals surface area contributed by atoms with Crippen LogP contribution in [0.5, 0.6) is 5.75 Å². The summed E-state index contributed by atoms with van der Waals surface area (Å²) in [4.78, 5) is 20.7. The molecule has 0 spiro atoms. The average Bonchev–Trinajstić information content (AvgIpc) is 2.66. The van der Waals surface area contributed by atoms with Crippen molar-refractivity contribution in [2.45, 2.75) is 13.3 Å². The lowest BCUT2D eigenvalue weighted by Gasteiger charge is -2.13. The summed E-state index contributed by atoms with van der Waals surface area (Å²) in [5.41, 5.74) is 8.61. The molecule has 25 heavy (non-hydrogen) atoms. The Balaban J connectivity index is 2.15. The minimum absolute atomic E-state index is 0.247. The first-order chi connectivity index (χ1) is 12.2. The van der Waals surface area contributed by atoms with E-state index < -0.39 is 0 Å². The van der Waals surface area contributed by atoms with Crippen LogP contribution < -0.4 is 15.8 Å². The van der Waals surface area contributed by atoms with Gasteiger partial charge in [0.05, 0.1) is 12.8 Å². The second-order valence-electron chi connectivity index (χ2n) is 5.62. The number of nitrogens with one attached hydrogen (secondary N) is 1. The lowest BCUT2D eigenvalue weighted by atomic mass is 9.98. The van der Waals surface area contributed by atoms with E-state index in [1.54, 1.807) is 31.8 Å². The van der Waals surface area contributed by atoms with E-state index >= 15 is 0 Å². The maximum absolute atomic E-state index is 12.2. The number of amides is 1. The predicted molar refractivity (Wildman–Crippen MR) is 98.6 cm³/mol. The lowest BCUT2D eigenvalue weighted by Crippen LogP contribution is -2.26. The number of carbonyl (C=O) groups excluding carboxylic acids is 1. The van der Waals surface area contributed by atoms with E-state index in [1.807, 2.05) is 25.1 Å². The first kappa shape index (κ1) is 16.7. The number of anilines is 1. The van der Waals surface area contributed by atoms with Crippen LogP contribution in [0.3, 0.4) is 0 Å². The second-order valence-corrected chi connectivity index (χ2v) is 5.62. The van der Waals surface area contributed by atoms with Crippen LogP contribution in [0, 0.1) is 0 Å². The number of carbonyl (C=O) groups is 1. The lowest BCUT2D eigenvalue weighted by molar-refractivity contribution is 0.0950. The van der Waals surface area contributed by atoms with E-state index in [-0.39, 0.29) is 11.6 Å². The minimum Gasteiger partial charge on any atom is -0.496 e. The Bertz CT molecular complexity index is 924. The topological polar surface area (TPSA) is 90.1 Å². The fourth-order valence-corrected chi connectivity index (χ4v) is 2.77. The van der Waals surface area contributed by atoms with E-state index in [1.165, 1.54) is 0 Å². The van der Waals surface area contributed by atoms with E-state index in [0.717, 1.165) is 28.3 Å². The molecule has 2 heterocycles. The normalized spacial score (nSPS) is 10.6. The maximum Gasteiger partial charge on any atom is 0.272 e. The molecule has 128 valence electrons. The standard InChI is InChI=1S/C19H20N4O2/c1-3-8-22-19(24)18-17(20)13-6-4-5-12(14(13)11-23-18)15-10-21-9-7-16(15)25-2/h4-7,9-11H,3,8,20H2,1-2H3,(H,22,24). The Morgan fingerprint density at radius 3 is 2.80 bits per heavy atom. The number of hydrogen-bond donors (Lipinski definition) is 2. The summed E-state index contributed by atoms with van der Waals surface area (Å²) in [6.45, 7) is 2.58. The number of rotatable bonds is 5. The molecule has 3 N–H and O–H groups in total. The van der Waals surface area contributed by atoms with E-state index in [0.29, 0.717) is 18.0 Å². The molecule has 0 aliphatic rings. The SMILES string of the molecule is CCCNC(=O)c1ncc2c(-c3cnccc3OC)cccc2c1N. The largest absolute Gasteiger partial charge is 0.496 e. The molecule has 0 saturated carbocycles. The van der Waals surface area contributed by atoms with Crippen molar-refractivity contribution in [1.29, 1.82) is 0 Å². The van der Waals surface area contributed by atoms with Gasteiger partial charge in [-0.3, -0.25) is 9.78 Å². The molecule has 3 aromatic rings. The Kier molecular flexibility index (Phi) is 4.79. The molecule has 0 unspecified atom stereocenters. The van der Waals surface area contributed by atoms with Crippen LogP contribution >= 0.6 is 0 Å². The Hall–Kier alpha value is -3.15. The molecule has 0 radical (unpaired) electrons. The average molecular weight is 336 g/mol. The van der Waals surface area contributed by atoms with Crippen molar-refractivity contribution in [3.8, 4) is 16.9 Å². The third-order valence-corrected chi connectivity index (χ3v) is 4.02. The fourth-order valence-electron chi connectivity index (χ4n) is 2.77. The maximum atomic E-state index is 12.2. The van der Waals surface area contributed by atoms with E-state index in [4.69, 9.17) is 10.5 Å². The van der Waals surface area contributed by atoms with E-state index in [9.17, 15) is 4.79 Å². The van der Waals surface area contributed by atoms with Crippen molar-refractivity contribution in [3.05, 3.63) is 48.5 Å². The highest BCUT2D eigenvalue weighted by molar-refractivity contribution is 6.09. The predicted octanol–water partition coefficient (Wildman–Crippen LogP) is 3.03. The number of ether oxygens (including phenoxy) is 1. The summed E-state index contributed by atoms with van der Waals surface area (Å²) in [6, 6.07) is 7.54. The number of nitrogens with two attached hydrogens (primary N) is 1. The second kappa shape index (κ2) is 7.17. The van der Waals surface area contributed by atoms with Crippen molar-refractivity contribution in [2.75, 3.05) is 19.4 Å². The number of benzene rings is 1. The number of pyridine rings is 2. The zero-order valence-electron chi connectivity index (χ0n) is 14.2. The Morgan fingerprint density at radius 1 is 1.20 bits per heavy atom. The highest BCUT2D eigenvalue weighted by Gasteiger charge is 2.16. The summed E-state index contributed by atoms with van der Waals surface area (Å²) in [5.74, 6) is 0.455. The molecule has 0 fully saturated rings. The zero-order valence-corrected chi connectivity index (χ0v) is 14.2. The fraction of sp³-hybridized carbons (Fsp3) is 0.211. The molecule has 3 rings (SSSR count). The van der Waals surface area contributed by atoms with Gasteiger partial charge in [-0.2, -0.15) is 0 Å². The molecule has 1 amide bonds. The van der Waals surface area contributed by atoms with Gasteiger partial charge in [-0.05, 0) is 18.1 Å². The Labute approximate surface area is 146 Å². The Morgan fingerprint density at radius 2 is 2.04 bits per heavy atom. The summed E-state index contributed by atoms with van der Waals surface area (Å²) in [6.07, 6.45) is 5.94. The first-order valence-corrected chi connectivity index (χ1v) is 8.11. The van der Waals surface area contributed by atoms with Crippen LogP contribution in [0.1, 0.15) is 23.8 Å². The number of nitrogen functional groups attached to an aromatic ring is 1. The van der Waals surface area contributed by atoms with Gasteiger partial charge in [0.1, 0.15) is 5.75 Å². The smallest absolute Gasteiger partial charge is 0.272 e. The number of fused-ring (bicyclic) bond motifs is 1. The molecule has 0 aliphatic carbocycles. The van der Waals surface area contributed by atoms with Crippen molar-refractivity contribution in [3.63, 3.8) is 0 Å². The van der Waals surface area contributed by atoms with Crippen LogP contribution in [-0.4, -0.2) is 29.5 Å². The molecule has 6 nitrogen and oxygen atoms in total. The molecule has 0 bridgehead atoms. The van der Waals surface area contributed by atoms with Crippen LogP contribution in [0.25, 0.3) is 21.9 Å². The van der Waals surface area contributed by atoms with Gasteiger partial charge in [0.15, 0.2) is 5.69 Å². The zero-order chi connectivity index (χ0) is 17.8. The highest BCUT2D eigenvalue weighted by atomic mass is 16.5. The molecular weight excluding hydrogens is 316 g/mol. The van der Waals surface area contributed by atoms with Gasteiger partial charge < -0.3 is 15.8 Å². The number of nitrogens with zero attached hydrogens (tertiary/aromatic N) is 2. The first-order valence-electron chi connectivity index (χ1n) is 8.11. The molecule has 0 saturated heterocycles. The van der Waals surface area contributed by atoms with Crippen molar-refractivity contribution in [1.82, 2.24) is 15.3 Å². The van der Waals surface area contributed by atoms with Crippen LogP contribution in [0.15, 0.2) is 42.9 Å². The van der Waals surface area contributed by atoms with Crippen LogP contribution in [-0.2, 0) is 0 Å². The van der Waals surface area contributed by atoms with Gasteiger partial charge in [-0.25, -0.2) is 4.98 Å². The third-order valence-electron chi connectivity index (χ3n) is 4.02. The van der Waals surface area contributed by atoms with Gasteiger partial charge in [0.25, 0.3) is 5.91 Å². The summed E-state index contributed by atoms with van der Waals surface area (Å²) < 4.78 is 5.43. The van der Waals surface area contributed by atoms with Crippen molar-refractivity contribution < 1.29 is 9.53 Å². The molecule has 0 aliphatic heterocycles. The van der Waals surface area contributed by atoms with Crippen LogP contribution in [0.4, 0.5) is 5.69 Å².